The molecule has 2 aromatic heterocycles. The van der Waals surface area contributed by atoms with E-state index in [1.165, 1.54) is 23.9 Å². The first-order valence-electron chi connectivity index (χ1n) is 8.48. The number of nitrogens with zero attached hydrogens (tertiary/aromatic N) is 3. The van der Waals surface area contributed by atoms with Crippen LogP contribution in [0.5, 0.6) is 0 Å². The number of imidazole rings is 1. The van der Waals surface area contributed by atoms with Gasteiger partial charge >= 0.3 is 6.03 Å². The Morgan fingerprint density at radius 2 is 2.18 bits per heavy atom. The van der Waals surface area contributed by atoms with E-state index in [1.807, 2.05) is 0 Å². The third kappa shape index (κ3) is 3.07. The molecular weight excluding hydrogens is 402 g/mol. The summed E-state index contributed by atoms with van der Waals surface area (Å²) in [6.45, 7) is 2.10. The van der Waals surface area contributed by atoms with Gasteiger partial charge in [-0.15, -0.1) is 0 Å². The number of benzene rings is 1. The minimum Gasteiger partial charge on any atom is -0.396 e. The molecule has 1 aliphatic heterocycles. The van der Waals surface area contributed by atoms with Crippen molar-refractivity contribution in [3.05, 3.63) is 36.4 Å². The van der Waals surface area contributed by atoms with E-state index in [0.29, 0.717) is 39.9 Å². The fraction of sp³-hybridized carbons (Fsp3) is 0.235. The number of aryl methyl sites for hydroxylation is 1. The summed E-state index contributed by atoms with van der Waals surface area (Å²) in [6, 6.07) is 4.81. The number of anilines is 1. The second-order valence-electron chi connectivity index (χ2n) is 6.17. The van der Waals surface area contributed by atoms with Gasteiger partial charge in [0.1, 0.15) is 11.2 Å². The number of hydrogen-bond acceptors (Lipinski definition) is 7. The van der Waals surface area contributed by atoms with Crippen LogP contribution in [0.4, 0.5) is 9.93 Å². The van der Waals surface area contributed by atoms with Crippen molar-refractivity contribution in [2.45, 2.75) is 23.3 Å². The average molecular weight is 419 g/mol. The molecule has 4 rings (SSSR count). The Morgan fingerprint density at radius 1 is 1.36 bits per heavy atom. The summed E-state index contributed by atoms with van der Waals surface area (Å²) >= 11 is 1.20. The van der Waals surface area contributed by atoms with E-state index in [1.54, 1.807) is 29.7 Å². The predicted octanol–water partition coefficient (Wildman–Crippen LogP) is 1.95. The molecule has 0 atom stereocenters. The monoisotopic (exact) mass is 419 g/mol. The maximum absolute atomic E-state index is 13.0. The number of sulfone groups is 1. The molecule has 0 saturated carbocycles. The lowest BCUT2D eigenvalue weighted by atomic mass is 10.1. The second-order valence-corrected chi connectivity index (χ2v) is 9.00. The van der Waals surface area contributed by atoms with Gasteiger partial charge in [0.15, 0.2) is 10.2 Å². The largest absolute Gasteiger partial charge is 0.396 e. The van der Waals surface area contributed by atoms with Gasteiger partial charge in [0.05, 0.1) is 16.3 Å². The highest BCUT2D eigenvalue weighted by Crippen LogP contribution is 2.42. The zero-order valence-electron chi connectivity index (χ0n) is 14.8. The first-order valence-corrected chi connectivity index (χ1v) is 10.8. The van der Waals surface area contributed by atoms with Crippen LogP contribution in [0.3, 0.4) is 0 Å². The van der Waals surface area contributed by atoms with Crippen LogP contribution in [0.15, 0.2) is 40.6 Å². The van der Waals surface area contributed by atoms with Crippen LogP contribution in [0.1, 0.15) is 12.1 Å². The number of urea groups is 1. The second kappa shape index (κ2) is 7.00. The Morgan fingerprint density at radius 3 is 2.96 bits per heavy atom. The Kier molecular flexibility index (Phi) is 4.65. The lowest BCUT2D eigenvalue weighted by molar-refractivity contribution is 0.249. The highest BCUT2D eigenvalue weighted by Gasteiger charge is 2.33. The van der Waals surface area contributed by atoms with Crippen molar-refractivity contribution in [1.29, 1.82) is 0 Å². The normalized spacial score (nSPS) is 13.8. The first-order chi connectivity index (χ1) is 13.4. The summed E-state index contributed by atoms with van der Waals surface area (Å²) in [7, 11) is -3.74. The quantitative estimate of drug-likeness (QED) is 0.425. The lowest BCUT2D eigenvalue weighted by Gasteiger charge is -2.16. The highest BCUT2D eigenvalue weighted by molar-refractivity contribution is 7.91. The molecule has 146 valence electrons. The molecule has 11 heteroatoms. The highest BCUT2D eigenvalue weighted by atomic mass is 32.2. The smallest absolute Gasteiger partial charge is 0.321 e. The van der Waals surface area contributed by atoms with Gasteiger partial charge in [0, 0.05) is 24.9 Å². The standard InChI is InChI=1S/C17H17N5O4S2/c1-10-14(27-17(20-10)21-16(24)18-6-3-7-23)11-4-2-5-12-15(11)28(25,26)13-8-22(12)9-19-13/h2,4-5,8-9,23H,3,6-7H2,1H3,(H2,18,20,21,24). The number of amides is 2. The Labute approximate surface area is 165 Å². The van der Waals surface area contributed by atoms with Crippen molar-refractivity contribution in [2.24, 2.45) is 0 Å². The van der Waals surface area contributed by atoms with Gasteiger partial charge in [-0.05, 0) is 19.4 Å². The molecule has 0 radical (unpaired) electrons. The van der Waals surface area contributed by atoms with Crippen LogP contribution in [-0.4, -0.2) is 47.2 Å². The summed E-state index contributed by atoms with van der Waals surface area (Å²) in [5.41, 5.74) is 1.68. The number of carbonyl (C=O) groups is 1. The Balaban J connectivity index is 1.71. The zero-order valence-corrected chi connectivity index (χ0v) is 16.5. The van der Waals surface area contributed by atoms with Crippen molar-refractivity contribution in [3.63, 3.8) is 0 Å². The molecule has 3 heterocycles. The van der Waals surface area contributed by atoms with E-state index < -0.39 is 15.9 Å². The van der Waals surface area contributed by atoms with Gasteiger partial charge in [-0.2, -0.15) is 0 Å². The van der Waals surface area contributed by atoms with Crippen molar-refractivity contribution >= 4 is 32.3 Å². The predicted molar refractivity (Wildman–Crippen MR) is 104 cm³/mol. The van der Waals surface area contributed by atoms with E-state index >= 15 is 0 Å². The molecular formula is C17H17N5O4S2. The fourth-order valence-corrected chi connectivity index (χ4v) is 5.60. The number of aliphatic hydroxyl groups is 1. The molecule has 3 aromatic rings. The number of fused-ring (bicyclic) bond motifs is 4. The Bertz CT molecular complexity index is 1170. The first kappa shape index (κ1) is 18.6. The van der Waals surface area contributed by atoms with E-state index in [0.717, 1.165) is 0 Å². The molecule has 0 aliphatic carbocycles. The summed E-state index contributed by atoms with van der Waals surface area (Å²) in [6.07, 6.45) is 3.43. The summed E-state index contributed by atoms with van der Waals surface area (Å²) in [5, 5.41) is 14.4. The van der Waals surface area contributed by atoms with E-state index in [-0.39, 0.29) is 16.5 Å². The minimum absolute atomic E-state index is 0.00839. The topological polar surface area (TPSA) is 126 Å². The SMILES string of the molecule is Cc1nc(NC(=O)NCCCO)sc1-c1cccc2c1S(=O)(=O)c1cn-2cn1. The average Bonchev–Trinajstić information content (AvgIpc) is 3.26. The summed E-state index contributed by atoms with van der Waals surface area (Å²) in [4.78, 5) is 21.1. The van der Waals surface area contributed by atoms with Crippen molar-refractivity contribution < 1.29 is 18.3 Å². The molecule has 0 fully saturated rings. The van der Waals surface area contributed by atoms with Crippen LogP contribution < -0.4 is 10.6 Å². The summed E-state index contributed by atoms with van der Waals surface area (Å²) in [5.74, 6) is 0. The number of hydrogen-bond donors (Lipinski definition) is 3. The number of aromatic nitrogens is 3. The van der Waals surface area contributed by atoms with Crippen LogP contribution in [0.25, 0.3) is 16.1 Å². The molecule has 28 heavy (non-hydrogen) atoms. The zero-order chi connectivity index (χ0) is 19.9. The number of carbonyl (C=O) groups excluding carboxylic acids is 1. The fourth-order valence-electron chi connectivity index (χ4n) is 2.99. The molecule has 2 amide bonds. The maximum Gasteiger partial charge on any atom is 0.321 e. The molecule has 0 unspecified atom stereocenters. The van der Waals surface area contributed by atoms with Crippen molar-refractivity contribution in [2.75, 3.05) is 18.5 Å². The molecule has 9 nitrogen and oxygen atoms in total. The van der Waals surface area contributed by atoms with Gasteiger partial charge in [0.25, 0.3) is 0 Å². The molecule has 0 saturated heterocycles. The van der Waals surface area contributed by atoms with Crippen LogP contribution in [0.2, 0.25) is 0 Å². The number of thiazole rings is 1. The van der Waals surface area contributed by atoms with E-state index in [9.17, 15) is 13.2 Å². The molecule has 0 spiro atoms. The molecule has 1 aromatic carbocycles. The molecule has 2 bridgehead atoms. The van der Waals surface area contributed by atoms with Gasteiger partial charge in [-0.3, -0.25) is 5.32 Å². The lowest BCUT2D eigenvalue weighted by Crippen LogP contribution is -2.29. The third-order valence-corrected chi connectivity index (χ3v) is 7.09. The molecule has 3 N–H and O–H groups in total. The Hall–Kier alpha value is -2.76. The maximum atomic E-state index is 13.0. The van der Waals surface area contributed by atoms with Crippen LogP contribution in [0, 0.1) is 6.92 Å². The number of aliphatic hydroxyl groups excluding tert-OH is 1. The van der Waals surface area contributed by atoms with Crippen molar-refractivity contribution in [3.8, 4) is 16.1 Å². The van der Waals surface area contributed by atoms with Crippen molar-refractivity contribution in [1.82, 2.24) is 19.9 Å². The van der Waals surface area contributed by atoms with Gasteiger partial charge in [0.2, 0.25) is 9.84 Å². The van der Waals surface area contributed by atoms with E-state index in [2.05, 4.69) is 20.6 Å². The van der Waals surface area contributed by atoms with Gasteiger partial charge in [-0.25, -0.2) is 23.2 Å². The van der Waals surface area contributed by atoms with Gasteiger partial charge in [-0.1, -0.05) is 23.5 Å². The molecule has 1 aliphatic rings. The number of nitrogens with one attached hydrogen (secondary N) is 2. The van der Waals surface area contributed by atoms with Crippen LogP contribution >= 0.6 is 11.3 Å². The van der Waals surface area contributed by atoms with Crippen LogP contribution in [-0.2, 0) is 9.84 Å². The third-order valence-electron chi connectivity index (χ3n) is 4.26. The minimum atomic E-state index is -3.74. The number of rotatable bonds is 5. The van der Waals surface area contributed by atoms with Gasteiger partial charge < -0.3 is 15.0 Å². The summed E-state index contributed by atoms with van der Waals surface area (Å²) < 4.78 is 27.6. The van der Waals surface area contributed by atoms with E-state index in [4.69, 9.17) is 5.11 Å².